The molecule has 1 saturated heterocycles. The van der Waals surface area contributed by atoms with Gasteiger partial charge in [0.05, 0.1) is 18.4 Å². The molecule has 1 aromatic carbocycles. The number of nitrogens with two attached hydrogens (primary N) is 1. The van der Waals surface area contributed by atoms with E-state index in [0.29, 0.717) is 0 Å². The number of anilines is 2. The van der Waals surface area contributed by atoms with Gasteiger partial charge in [-0.2, -0.15) is 0 Å². The van der Waals surface area contributed by atoms with Crippen LogP contribution in [0.3, 0.4) is 0 Å². The van der Waals surface area contributed by atoms with Crippen molar-refractivity contribution >= 4 is 17.3 Å². The Balaban J connectivity index is 2.21. The number of nitrogens with zero attached hydrogens (tertiary/aromatic N) is 1. The maximum Gasteiger partial charge on any atom is 0.340 e. The average molecular weight is 267 g/mol. The second-order valence-corrected chi connectivity index (χ2v) is 4.57. The number of hydrogen-bond acceptors (Lipinski definition) is 5. The van der Waals surface area contributed by atoms with Crippen LogP contribution in [-0.2, 0) is 4.74 Å². The summed E-state index contributed by atoms with van der Waals surface area (Å²) in [6.07, 6.45) is 3.34. The van der Waals surface area contributed by atoms with Gasteiger partial charge in [0.15, 0.2) is 0 Å². The van der Waals surface area contributed by atoms with Gasteiger partial charge in [0.25, 0.3) is 0 Å². The number of carbonyl (C=O) groups is 1. The highest BCUT2D eigenvalue weighted by Gasteiger charge is 2.17. The summed E-state index contributed by atoms with van der Waals surface area (Å²) in [5.41, 5.74) is 9.10. The van der Waals surface area contributed by atoms with Crippen molar-refractivity contribution in [1.82, 2.24) is 5.01 Å². The highest BCUT2D eigenvalue weighted by Crippen LogP contribution is 2.24. The van der Waals surface area contributed by atoms with E-state index < -0.39 is 11.8 Å². The van der Waals surface area contributed by atoms with E-state index in [1.54, 1.807) is 0 Å². The highest BCUT2D eigenvalue weighted by molar-refractivity contribution is 5.96. The number of ether oxygens (including phenoxy) is 1. The van der Waals surface area contributed by atoms with E-state index in [0.717, 1.165) is 32.0 Å². The van der Waals surface area contributed by atoms with Crippen LogP contribution in [0.15, 0.2) is 12.1 Å². The number of nitrogens with one attached hydrogen (secondary N) is 1. The Labute approximate surface area is 111 Å². The van der Waals surface area contributed by atoms with Crippen LogP contribution < -0.4 is 11.2 Å². The summed E-state index contributed by atoms with van der Waals surface area (Å²) in [5.74, 6) is -1.05. The molecule has 0 spiro atoms. The van der Waals surface area contributed by atoms with Gasteiger partial charge in [-0.05, 0) is 25.0 Å². The molecule has 104 valence electrons. The molecule has 1 aromatic rings. The molecule has 1 fully saturated rings. The number of benzene rings is 1. The van der Waals surface area contributed by atoms with E-state index in [1.165, 1.54) is 19.6 Å². The van der Waals surface area contributed by atoms with Crippen LogP contribution in [-0.4, -0.2) is 31.2 Å². The predicted molar refractivity (Wildman–Crippen MR) is 71.2 cm³/mol. The Kier molecular flexibility index (Phi) is 4.21. The van der Waals surface area contributed by atoms with Crippen LogP contribution in [0.5, 0.6) is 0 Å². The van der Waals surface area contributed by atoms with Crippen molar-refractivity contribution in [2.45, 2.75) is 19.3 Å². The number of esters is 1. The molecule has 0 aromatic heterocycles. The normalized spacial score (nSPS) is 16.1. The van der Waals surface area contributed by atoms with Crippen LogP contribution in [0.2, 0.25) is 0 Å². The quantitative estimate of drug-likeness (QED) is 0.647. The average Bonchev–Trinajstić information content (AvgIpc) is 2.42. The van der Waals surface area contributed by atoms with E-state index in [9.17, 15) is 9.18 Å². The Hall–Kier alpha value is -1.82. The Morgan fingerprint density at radius 3 is 2.68 bits per heavy atom. The fourth-order valence-electron chi connectivity index (χ4n) is 2.14. The van der Waals surface area contributed by atoms with E-state index in [1.807, 2.05) is 5.01 Å². The molecule has 3 N–H and O–H groups in total. The molecule has 0 unspecified atom stereocenters. The minimum Gasteiger partial charge on any atom is -0.465 e. The molecule has 2 rings (SSSR count). The number of piperidine rings is 1. The summed E-state index contributed by atoms with van der Waals surface area (Å²) >= 11 is 0. The minimum atomic E-state index is -0.570. The molecule has 5 nitrogen and oxygen atoms in total. The lowest BCUT2D eigenvalue weighted by Gasteiger charge is -2.28. The lowest BCUT2D eigenvalue weighted by atomic mass is 10.1. The first-order valence-electron chi connectivity index (χ1n) is 6.30. The summed E-state index contributed by atoms with van der Waals surface area (Å²) in [6.45, 7) is 1.72. The second-order valence-electron chi connectivity index (χ2n) is 4.57. The fourth-order valence-corrected chi connectivity index (χ4v) is 2.14. The van der Waals surface area contributed by atoms with Gasteiger partial charge in [-0.25, -0.2) is 14.2 Å². The van der Waals surface area contributed by atoms with Gasteiger partial charge in [-0.1, -0.05) is 6.42 Å². The van der Waals surface area contributed by atoms with E-state index in [-0.39, 0.29) is 16.9 Å². The van der Waals surface area contributed by atoms with Crippen molar-refractivity contribution in [2.75, 3.05) is 31.4 Å². The third kappa shape index (κ3) is 3.14. The molecule has 19 heavy (non-hydrogen) atoms. The van der Waals surface area contributed by atoms with Crippen molar-refractivity contribution in [3.05, 3.63) is 23.5 Å². The molecule has 0 saturated carbocycles. The summed E-state index contributed by atoms with van der Waals surface area (Å²) < 4.78 is 18.5. The molecular weight excluding hydrogens is 249 g/mol. The molecule has 0 atom stereocenters. The molecule has 6 heteroatoms. The number of rotatable bonds is 3. The van der Waals surface area contributed by atoms with Gasteiger partial charge < -0.3 is 15.9 Å². The summed E-state index contributed by atoms with van der Waals surface area (Å²) in [4.78, 5) is 11.5. The lowest BCUT2D eigenvalue weighted by molar-refractivity contribution is 0.0602. The Morgan fingerprint density at radius 1 is 1.37 bits per heavy atom. The first kappa shape index (κ1) is 13.6. The topological polar surface area (TPSA) is 67.6 Å². The molecule has 0 bridgehead atoms. The lowest BCUT2D eigenvalue weighted by Crippen LogP contribution is -2.35. The molecule has 0 radical (unpaired) electrons. The zero-order valence-electron chi connectivity index (χ0n) is 10.9. The standard InChI is InChI=1S/C13H18FN3O2/c1-19-13(18)9-7-12(10(14)8-11(9)15)16-17-5-3-2-4-6-17/h7-8,16H,2-6,15H2,1H3. The maximum absolute atomic E-state index is 13.8. The van der Waals surface area contributed by atoms with Crippen molar-refractivity contribution < 1.29 is 13.9 Å². The number of nitrogen functional groups attached to an aromatic ring is 1. The Bertz CT molecular complexity index is 473. The highest BCUT2D eigenvalue weighted by atomic mass is 19.1. The second kappa shape index (κ2) is 5.88. The summed E-state index contributed by atoms with van der Waals surface area (Å²) in [6, 6.07) is 2.53. The Morgan fingerprint density at radius 2 is 2.05 bits per heavy atom. The molecule has 1 aliphatic heterocycles. The zero-order valence-corrected chi connectivity index (χ0v) is 10.9. The van der Waals surface area contributed by atoms with Gasteiger partial charge in [0.1, 0.15) is 5.82 Å². The van der Waals surface area contributed by atoms with Crippen molar-refractivity contribution in [2.24, 2.45) is 0 Å². The van der Waals surface area contributed by atoms with Crippen molar-refractivity contribution in [3.8, 4) is 0 Å². The van der Waals surface area contributed by atoms with E-state index >= 15 is 0 Å². The van der Waals surface area contributed by atoms with Crippen LogP contribution in [0.25, 0.3) is 0 Å². The third-order valence-electron chi connectivity index (χ3n) is 3.18. The molecule has 0 aliphatic carbocycles. The maximum atomic E-state index is 13.8. The van der Waals surface area contributed by atoms with Crippen LogP contribution in [0.1, 0.15) is 29.6 Å². The minimum absolute atomic E-state index is 0.0774. The zero-order chi connectivity index (χ0) is 13.8. The van der Waals surface area contributed by atoms with Gasteiger partial charge in [-0.3, -0.25) is 0 Å². The number of hydrogen-bond donors (Lipinski definition) is 2. The van der Waals surface area contributed by atoms with Gasteiger partial charge in [0.2, 0.25) is 0 Å². The SMILES string of the molecule is COC(=O)c1cc(NN2CCCCC2)c(F)cc1N. The van der Waals surface area contributed by atoms with Gasteiger partial charge >= 0.3 is 5.97 Å². The molecule has 1 aliphatic rings. The van der Waals surface area contributed by atoms with Crippen molar-refractivity contribution in [3.63, 3.8) is 0 Å². The number of methoxy groups -OCH3 is 1. The van der Waals surface area contributed by atoms with Crippen LogP contribution in [0.4, 0.5) is 15.8 Å². The monoisotopic (exact) mass is 267 g/mol. The van der Waals surface area contributed by atoms with E-state index in [4.69, 9.17) is 5.73 Å². The molecular formula is C13H18FN3O2. The van der Waals surface area contributed by atoms with Gasteiger partial charge in [-0.15, -0.1) is 0 Å². The molecule has 1 heterocycles. The summed E-state index contributed by atoms with van der Waals surface area (Å²) in [7, 11) is 1.27. The van der Waals surface area contributed by atoms with Crippen LogP contribution >= 0.6 is 0 Å². The fraction of sp³-hybridized carbons (Fsp3) is 0.462. The van der Waals surface area contributed by atoms with Gasteiger partial charge in [0, 0.05) is 18.8 Å². The number of hydrazine groups is 1. The first-order valence-corrected chi connectivity index (χ1v) is 6.30. The third-order valence-corrected chi connectivity index (χ3v) is 3.18. The van der Waals surface area contributed by atoms with Crippen molar-refractivity contribution in [1.29, 1.82) is 0 Å². The largest absolute Gasteiger partial charge is 0.465 e. The van der Waals surface area contributed by atoms with E-state index in [2.05, 4.69) is 10.2 Å². The molecule has 0 amide bonds. The smallest absolute Gasteiger partial charge is 0.340 e. The van der Waals surface area contributed by atoms with Crippen LogP contribution in [0, 0.1) is 5.82 Å². The predicted octanol–water partition coefficient (Wildman–Crippen LogP) is 2.01. The number of carbonyl (C=O) groups excluding carboxylic acids is 1. The first-order chi connectivity index (χ1) is 9.11. The number of halogens is 1. The summed E-state index contributed by atoms with van der Waals surface area (Å²) in [5, 5.41) is 1.94.